The van der Waals surface area contributed by atoms with Crippen LogP contribution in [0.3, 0.4) is 0 Å². The molecule has 0 saturated heterocycles. The third-order valence-electron chi connectivity index (χ3n) is 6.05. The van der Waals surface area contributed by atoms with Crippen LogP contribution >= 0.6 is 0 Å². The minimum absolute atomic E-state index is 1.04. The van der Waals surface area contributed by atoms with Gasteiger partial charge in [-0.15, -0.1) is 0 Å². The predicted molar refractivity (Wildman–Crippen MR) is 130 cm³/mol. The molecule has 0 N–H and O–H groups in total. The van der Waals surface area contributed by atoms with Gasteiger partial charge in [-0.3, -0.25) is 0 Å². The van der Waals surface area contributed by atoms with Gasteiger partial charge in [-0.1, -0.05) is 0 Å². The molecule has 0 aliphatic carbocycles. The van der Waals surface area contributed by atoms with E-state index in [0.717, 1.165) is 25.9 Å². The maximum atomic E-state index is 3.40. The van der Waals surface area contributed by atoms with Gasteiger partial charge in [0.15, 0.2) is 0 Å². The molecule has 30 heavy (non-hydrogen) atoms. The average molecular weight is 522 g/mol. The first kappa shape index (κ1) is 20.0. The summed E-state index contributed by atoms with van der Waals surface area (Å²) in [4.78, 5) is 5.03. The Labute approximate surface area is 194 Å². The topological polar surface area (TPSA) is 6.48 Å². The molecule has 2 aliphatic heterocycles. The van der Waals surface area contributed by atoms with E-state index in [-0.39, 0.29) is 0 Å². The number of anilines is 2. The van der Waals surface area contributed by atoms with Crippen molar-refractivity contribution < 1.29 is 0 Å². The Balaban J connectivity index is 1.63. The summed E-state index contributed by atoms with van der Waals surface area (Å²) < 4.78 is 2.44. The predicted octanol–water partition coefficient (Wildman–Crippen LogP) is 3.89. The van der Waals surface area contributed by atoms with E-state index in [1.165, 1.54) is 55.6 Å². The van der Waals surface area contributed by atoms with Crippen molar-refractivity contribution in [1.82, 2.24) is 0 Å². The first-order valence-electron chi connectivity index (χ1n) is 10.6. The van der Waals surface area contributed by atoms with E-state index in [2.05, 4.69) is 114 Å². The van der Waals surface area contributed by atoms with Gasteiger partial charge >= 0.3 is 195 Å². The molecule has 0 aromatic heterocycles. The molecule has 0 unspecified atom stereocenters. The van der Waals surface area contributed by atoms with Crippen molar-refractivity contribution in [1.29, 1.82) is 0 Å². The minimum atomic E-state index is 1.04. The number of benzene rings is 3. The van der Waals surface area contributed by atoms with Crippen LogP contribution in [0.15, 0.2) is 72.8 Å². The van der Waals surface area contributed by atoms with Crippen LogP contribution in [0.5, 0.6) is 0 Å². The van der Waals surface area contributed by atoms with Gasteiger partial charge in [-0.25, -0.2) is 0 Å². The number of rotatable bonds is 4. The van der Waals surface area contributed by atoms with Gasteiger partial charge in [0.25, 0.3) is 0 Å². The molecule has 0 spiro atoms. The van der Waals surface area contributed by atoms with Gasteiger partial charge in [0.05, 0.1) is 0 Å². The molecule has 2 heterocycles. The summed E-state index contributed by atoms with van der Waals surface area (Å²) in [6.07, 6.45) is 4.64. The summed E-state index contributed by atoms with van der Waals surface area (Å²) in [5.41, 5.74) is 8.19. The van der Waals surface area contributed by atoms with Crippen molar-refractivity contribution >= 4 is 51.6 Å². The first-order valence-corrected chi connectivity index (χ1v) is 12.3. The molecule has 0 amide bonds. The SMILES string of the molecule is [Se]=C(c1ccccc1)N1CCCc2ccc3c(c21)N(C(=[Se])c1ccccc1)CCC3. The van der Waals surface area contributed by atoms with Crippen molar-refractivity contribution in [2.75, 3.05) is 22.9 Å². The van der Waals surface area contributed by atoms with Crippen LogP contribution in [0, 0.1) is 0 Å². The Morgan fingerprint density at radius 1 is 0.567 bits per heavy atom. The quantitative estimate of drug-likeness (QED) is 0.480. The standard InChI is InChI=1S/C26H24N2Se2/c29-25(21-9-3-1-4-10-21)27-17-7-13-19-15-16-20-14-8-18-28(24(20)23(19)27)26(30)22-11-5-2-6-12-22/h1-6,9-12,15-16H,7-8,13-14,17-18H2. The molecule has 3 aromatic rings. The van der Waals surface area contributed by atoms with Gasteiger partial charge in [-0.2, -0.15) is 0 Å². The second-order valence-corrected chi connectivity index (χ2v) is 9.56. The molecule has 0 bridgehead atoms. The van der Waals surface area contributed by atoms with E-state index >= 15 is 0 Å². The van der Waals surface area contributed by atoms with Crippen molar-refractivity contribution in [3.05, 3.63) is 95.1 Å². The fraction of sp³-hybridized carbons (Fsp3) is 0.231. The van der Waals surface area contributed by atoms with Crippen LogP contribution in [-0.4, -0.2) is 53.3 Å². The number of nitrogens with zero attached hydrogens (tertiary/aromatic N) is 2. The zero-order valence-corrected chi connectivity index (χ0v) is 20.3. The van der Waals surface area contributed by atoms with Crippen LogP contribution in [0.1, 0.15) is 35.1 Å². The number of aryl methyl sites for hydroxylation is 2. The second-order valence-electron chi connectivity index (χ2n) is 7.93. The van der Waals surface area contributed by atoms with Crippen molar-refractivity contribution in [3.8, 4) is 0 Å². The van der Waals surface area contributed by atoms with Crippen molar-refractivity contribution in [3.63, 3.8) is 0 Å². The van der Waals surface area contributed by atoms with Crippen LogP contribution in [0.4, 0.5) is 11.4 Å². The summed E-state index contributed by atoms with van der Waals surface area (Å²) in [5, 5.41) is 0. The Morgan fingerprint density at radius 2 is 0.967 bits per heavy atom. The summed E-state index contributed by atoms with van der Waals surface area (Å²) >= 11 is 6.79. The van der Waals surface area contributed by atoms with E-state index in [4.69, 9.17) is 0 Å². The second kappa shape index (κ2) is 8.65. The van der Waals surface area contributed by atoms with E-state index in [1.807, 2.05) is 0 Å². The molecule has 0 saturated carbocycles. The fourth-order valence-electron chi connectivity index (χ4n) is 4.63. The van der Waals surface area contributed by atoms with E-state index in [1.54, 1.807) is 0 Å². The maximum absolute atomic E-state index is 3.40. The van der Waals surface area contributed by atoms with E-state index < -0.39 is 0 Å². The van der Waals surface area contributed by atoms with Gasteiger partial charge in [0.2, 0.25) is 0 Å². The van der Waals surface area contributed by atoms with Crippen LogP contribution in [-0.2, 0) is 12.8 Å². The molecule has 0 fully saturated rings. The molecule has 3 aromatic carbocycles. The van der Waals surface area contributed by atoms with Crippen molar-refractivity contribution in [2.45, 2.75) is 25.7 Å². The molecule has 2 aliphatic rings. The summed E-state index contributed by atoms with van der Waals surface area (Å²) in [6, 6.07) is 26.2. The molecular formula is C26H24N2Se2. The monoisotopic (exact) mass is 524 g/mol. The molecule has 5 rings (SSSR count). The van der Waals surface area contributed by atoms with E-state index in [0.29, 0.717) is 0 Å². The van der Waals surface area contributed by atoms with Crippen LogP contribution < -0.4 is 9.80 Å². The van der Waals surface area contributed by atoms with Crippen molar-refractivity contribution in [2.24, 2.45) is 0 Å². The third kappa shape index (κ3) is 3.63. The summed E-state index contributed by atoms with van der Waals surface area (Å²) in [7, 11) is 0. The number of hydrogen-bond acceptors (Lipinski definition) is 2. The summed E-state index contributed by atoms with van der Waals surface area (Å²) in [6.45, 7) is 2.09. The molecule has 150 valence electrons. The number of hydrogen-bond donors (Lipinski definition) is 0. The molecule has 0 atom stereocenters. The Hall–Kier alpha value is -1.96. The Bertz CT molecular complexity index is 1000. The fourth-order valence-corrected chi connectivity index (χ4v) is 5.96. The van der Waals surface area contributed by atoms with Gasteiger partial charge in [-0.05, 0) is 0 Å². The van der Waals surface area contributed by atoms with Gasteiger partial charge < -0.3 is 0 Å². The molecule has 2 nitrogen and oxygen atoms in total. The summed E-state index contributed by atoms with van der Waals surface area (Å²) in [5.74, 6) is 0. The van der Waals surface area contributed by atoms with Crippen LogP contribution in [0.25, 0.3) is 0 Å². The average Bonchev–Trinajstić information content (AvgIpc) is 2.83. The third-order valence-corrected chi connectivity index (χ3v) is 7.96. The zero-order valence-electron chi connectivity index (χ0n) is 16.9. The Morgan fingerprint density at radius 3 is 1.37 bits per heavy atom. The first-order chi connectivity index (χ1) is 14.7. The molecular weight excluding hydrogens is 498 g/mol. The molecule has 4 heteroatoms. The molecule has 0 radical (unpaired) electrons. The van der Waals surface area contributed by atoms with Crippen LogP contribution in [0.2, 0.25) is 0 Å². The number of fused-ring (bicyclic) bond motifs is 3. The van der Waals surface area contributed by atoms with Gasteiger partial charge in [0.1, 0.15) is 0 Å². The van der Waals surface area contributed by atoms with E-state index in [9.17, 15) is 0 Å². The Kier molecular flexibility index (Phi) is 5.76. The normalized spacial score (nSPS) is 15.3. The van der Waals surface area contributed by atoms with Gasteiger partial charge in [0, 0.05) is 0 Å². The zero-order chi connectivity index (χ0) is 20.5.